The van der Waals surface area contributed by atoms with Crippen molar-refractivity contribution in [3.05, 3.63) is 76.5 Å². The van der Waals surface area contributed by atoms with Crippen LogP contribution in [0.4, 0.5) is 5.69 Å². The van der Waals surface area contributed by atoms with Crippen LogP contribution in [-0.2, 0) is 0 Å². The van der Waals surface area contributed by atoms with Crippen LogP contribution in [-0.4, -0.2) is 57.2 Å². The van der Waals surface area contributed by atoms with Gasteiger partial charge in [-0.3, -0.25) is 9.69 Å². The number of rotatable bonds is 8. The van der Waals surface area contributed by atoms with Gasteiger partial charge in [0, 0.05) is 42.7 Å². The second kappa shape index (κ2) is 10.7. The molecule has 2 heterocycles. The lowest BCUT2D eigenvalue weighted by atomic mass is 10.0. The first kappa shape index (κ1) is 23.1. The molecule has 0 radical (unpaired) electrons. The first-order chi connectivity index (χ1) is 16.1. The van der Waals surface area contributed by atoms with Gasteiger partial charge in [-0.2, -0.15) is 0 Å². The van der Waals surface area contributed by atoms with E-state index in [1.54, 1.807) is 31.6 Å². The third-order valence-electron chi connectivity index (χ3n) is 6.13. The number of hydrogen-bond donors (Lipinski definition) is 1. The lowest BCUT2D eigenvalue weighted by Crippen LogP contribution is -2.52. The minimum Gasteiger partial charge on any atom is -0.497 e. The van der Waals surface area contributed by atoms with Crippen LogP contribution in [0.5, 0.6) is 11.5 Å². The molecule has 174 valence electrons. The molecule has 4 rings (SSSR count). The quantitative estimate of drug-likeness (QED) is 0.533. The number of thiophene rings is 1. The van der Waals surface area contributed by atoms with Crippen molar-refractivity contribution >= 4 is 22.9 Å². The first-order valence-electron chi connectivity index (χ1n) is 11.2. The van der Waals surface area contributed by atoms with E-state index in [-0.39, 0.29) is 18.0 Å². The molecule has 2 aromatic carbocycles. The highest BCUT2D eigenvalue weighted by atomic mass is 32.1. The third-order valence-corrected chi connectivity index (χ3v) is 7.08. The van der Waals surface area contributed by atoms with Crippen molar-refractivity contribution in [2.45, 2.75) is 19.0 Å². The van der Waals surface area contributed by atoms with Crippen molar-refractivity contribution in [2.75, 3.05) is 45.3 Å². The van der Waals surface area contributed by atoms with E-state index >= 15 is 0 Å². The topological polar surface area (TPSA) is 54.0 Å². The number of para-hydroxylation sites is 2. The van der Waals surface area contributed by atoms with Gasteiger partial charge in [-0.05, 0) is 48.7 Å². The van der Waals surface area contributed by atoms with E-state index in [1.165, 1.54) is 4.88 Å². The monoisotopic (exact) mass is 465 g/mol. The number of hydrogen-bond acceptors (Lipinski definition) is 6. The minimum absolute atomic E-state index is 0.0554. The molecule has 1 N–H and O–H groups in total. The molecule has 0 spiro atoms. The molecule has 1 aromatic heterocycles. The number of nitrogens with one attached hydrogen (secondary N) is 1. The van der Waals surface area contributed by atoms with Crippen LogP contribution in [0.1, 0.15) is 28.2 Å². The largest absolute Gasteiger partial charge is 0.497 e. The zero-order chi connectivity index (χ0) is 23.2. The summed E-state index contributed by atoms with van der Waals surface area (Å²) in [5.41, 5.74) is 1.74. The van der Waals surface area contributed by atoms with Crippen LogP contribution in [0.15, 0.2) is 66.0 Å². The smallest absolute Gasteiger partial charge is 0.251 e. The Morgan fingerprint density at radius 2 is 1.76 bits per heavy atom. The summed E-state index contributed by atoms with van der Waals surface area (Å²) < 4.78 is 10.8. The Labute approximate surface area is 199 Å². The normalized spacial score (nSPS) is 16.2. The molecule has 6 nitrogen and oxygen atoms in total. The fraction of sp³-hybridized carbons (Fsp3) is 0.346. The van der Waals surface area contributed by atoms with Crippen molar-refractivity contribution in [2.24, 2.45) is 0 Å². The van der Waals surface area contributed by atoms with Gasteiger partial charge in [-0.15, -0.1) is 11.3 Å². The Balaban J connectivity index is 1.47. The van der Waals surface area contributed by atoms with Crippen LogP contribution in [0.2, 0.25) is 0 Å². The van der Waals surface area contributed by atoms with Crippen molar-refractivity contribution in [1.29, 1.82) is 0 Å². The molecule has 0 saturated carbocycles. The molecule has 0 unspecified atom stereocenters. The van der Waals surface area contributed by atoms with Crippen LogP contribution >= 0.6 is 11.3 Å². The molecule has 0 aliphatic carbocycles. The number of nitrogens with zero attached hydrogens (tertiary/aromatic N) is 2. The second-order valence-corrected chi connectivity index (χ2v) is 9.13. The van der Waals surface area contributed by atoms with Crippen LogP contribution in [0.25, 0.3) is 0 Å². The SMILES string of the molecule is COc1cccc(C(=O)N[C@H](C)[C@H](c2cccs2)N2CCN(c3ccccc3OC)CC2)c1. The number of carbonyl (C=O) groups excluding carboxylic acids is 1. The van der Waals surface area contributed by atoms with Crippen molar-refractivity contribution in [3.8, 4) is 11.5 Å². The maximum atomic E-state index is 13.0. The number of amides is 1. The number of benzene rings is 2. The van der Waals surface area contributed by atoms with Gasteiger partial charge in [0.2, 0.25) is 0 Å². The summed E-state index contributed by atoms with van der Waals surface area (Å²) in [6.45, 7) is 5.70. The number of anilines is 1. The van der Waals surface area contributed by atoms with E-state index in [2.05, 4.69) is 51.7 Å². The lowest BCUT2D eigenvalue weighted by molar-refractivity contribution is 0.0890. The molecule has 1 fully saturated rings. The predicted molar refractivity (Wildman–Crippen MR) is 134 cm³/mol. The number of piperazine rings is 1. The van der Waals surface area contributed by atoms with Gasteiger partial charge in [-0.1, -0.05) is 24.3 Å². The highest BCUT2D eigenvalue weighted by molar-refractivity contribution is 7.10. The maximum Gasteiger partial charge on any atom is 0.251 e. The molecule has 7 heteroatoms. The number of ether oxygens (including phenoxy) is 2. The first-order valence-corrected chi connectivity index (χ1v) is 12.1. The van der Waals surface area contributed by atoms with Crippen LogP contribution in [0.3, 0.4) is 0 Å². The molecule has 1 saturated heterocycles. The van der Waals surface area contributed by atoms with E-state index in [0.29, 0.717) is 11.3 Å². The zero-order valence-electron chi connectivity index (χ0n) is 19.4. The summed E-state index contributed by atoms with van der Waals surface area (Å²) in [4.78, 5) is 19.1. The molecular weight excluding hydrogens is 434 g/mol. The highest BCUT2D eigenvalue weighted by Gasteiger charge is 2.31. The molecule has 1 aliphatic heterocycles. The molecular formula is C26H31N3O3S. The lowest BCUT2D eigenvalue weighted by Gasteiger charge is -2.42. The van der Waals surface area contributed by atoms with E-state index in [4.69, 9.17) is 9.47 Å². The van der Waals surface area contributed by atoms with E-state index < -0.39 is 0 Å². The summed E-state index contributed by atoms with van der Waals surface area (Å²) in [7, 11) is 3.33. The van der Waals surface area contributed by atoms with Gasteiger partial charge in [0.1, 0.15) is 11.5 Å². The molecule has 33 heavy (non-hydrogen) atoms. The maximum absolute atomic E-state index is 13.0. The fourth-order valence-corrected chi connectivity index (χ4v) is 5.43. The fourth-order valence-electron chi connectivity index (χ4n) is 4.47. The predicted octanol–water partition coefficient (Wildman–Crippen LogP) is 4.45. The van der Waals surface area contributed by atoms with Gasteiger partial charge in [-0.25, -0.2) is 0 Å². The van der Waals surface area contributed by atoms with Gasteiger partial charge in [0.05, 0.1) is 25.9 Å². The number of methoxy groups -OCH3 is 2. The van der Waals surface area contributed by atoms with E-state index in [1.807, 2.05) is 30.3 Å². The molecule has 1 amide bonds. The van der Waals surface area contributed by atoms with Gasteiger partial charge in [0.25, 0.3) is 5.91 Å². The van der Waals surface area contributed by atoms with E-state index in [0.717, 1.165) is 37.6 Å². The standard InChI is InChI=1S/C26H31N3O3S/c1-19(27-26(30)20-8-6-9-21(18-20)31-2)25(24-12-7-17-33-24)29-15-13-28(14-16-29)22-10-4-5-11-23(22)32-3/h4-12,17-19,25H,13-16H2,1-3H3,(H,27,30)/t19-,25-/m1/s1. The average Bonchev–Trinajstić information content (AvgIpc) is 3.39. The van der Waals surface area contributed by atoms with Crippen LogP contribution < -0.4 is 19.7 Å². The molecule has 1 aliphatic rings. The molecule has 3 aromatic rings. The summed E-state index contributed by atoms with van der Waals surface area (Å²) in [5.74, 6) is 1.49. The van der Waals surface area contributed by atoms with Crippen molar-refractivity contribution in [1.82, 2.24) is 10.2 Å². The van der Waals surface area contributed by atoms with Gasteiger partial charge < -0.3 is 19.7 Å². The Hall–Kier alpha value is -3.03. The van der Waals surface area contributed by atoms with Crippen molar-refractivity contribution in [3.63, 3.8) is 0 Å². The summed E-state index contributed by atoms with van der Waals surface area (Å²) in [6, 6.07) is 19.7. The Kier molecular flexibility index (Phi) is 7.52. The van der Waals surface area contributed by atoms with Gasteiger partial charge in [0.15, 0.2) is 0 Å². The second-order valence-electron chi connectivity index (χ2n) is 8.15. The highest BCUT2D eigenvalue weighted by Crippen LogP contribution is 2.33. The summed E-state index contributed by atoms with van der Waals surface area (Å²) in [5, 5.41) is 5.33. The Morgan fingerprint density at radius 3 is 2.45 bits per heavy atom. The third kappa shape index (κ3) is 5.31. The van der Waals surface area contributed by atoms with Gasteiger partial charge >= 0.3 is 0 Å². The molecule has 0 bridgehead atoms. The number of carbonyl (C=O) groups is 1. The zero-order valence-corrected chi connectivity index (χ0v) is 20.2. The minimum atomic E-state index is -0.0874. The summed E-state index contributed by atoms with van der Waals surface area (Å²) in [6.07, 6.45) is 0. The Morgan fingerprint density at radius 1 is 0.970 bits per heavy atom. The summed E-state index contributed by atoms with van der Waals surface area (Å²) >= 11 is 1.74. The van der Waals surface area contributed by atoms with E-state index in [9.17, 15) is 4.79 Å². The Bertz CT molecular complexity index is 1050. The van der Waals surface area contributed by atoms with Crippen molar-refractivity contribution < 1.29 is 14.3 Å². The average molecular weight is 466 g/mol. The van der Waals surface area contributed by atoms with Crippen LogP contribution in [0, 0.1) is 0 Å². The molecule has 2 atom stereocenters.